The minimum absolute atomic E-state index is 0.0450. The van der Waals surface area contributed by atoms with Crippen molar-refractivity contribution in [2.24, 2.45) is 0 Å². The summed E-state index contributed by atoms with van der Waals surface area (Å²) in [5.41, 5.74) is 7.19. The van der Waals surface area contributed by atoms with Crippen molar-refractivity contribution in [1.29, 1.82) is 0 Å². The van der Waals surface area contributed by atoms with E-state index in [4.69, 9.17) is 5.11 Å². The first kappa shape index (κ1) is 18.4. The summed E-state index contributed by atoms with van der Waals surface area (Å²) in [4.78, 5) is 15.4. The quantitative estimate of drug-likeness (QED) is 0.811. The molecule has 1 aliphatic carbocycles. The minimum Gasteiger partial charge on any atom is -0.478 e. The molecule has 1 heterocycles. The van der Waals surface area contributed by atoms with E-state index in [-0.39, 0.29) is 16.4 Å². The summed E-state index contributed by atoms with van der Waals surface area (Å²) in [6.07, 6.45) is 3.57. The standard InChI is InChI=1S/C23H27NO2/c1-14(20-8-7-15(13-24-20)21(25)26)18-11-16(22(2,3)4)12-19-17(18)9-10-23(19,5)6/h7-8,11-13H,1,9-10H2,2-6H3,(H,25,26). The molecule has 1 aromatic heterocycles. The van der Waals surface area contributed by atoms with Crippen LogP contribution in [0.3, 0.4) is 0 Å². The first-order valence-electron chi connectivity index (χ1n) is 9.07. The van der Waals surface area contributed by atoms with E-state index in [1.165, 1.54) is 22.9 Å². The molecule has 136 valence electrons. The number of carboxylic acid groups (broad SMARTS) is 1. The molecule has 0 atom stereocenters. The fourth-order valence-electron chi connectivity index (χ4n) is 3.66. The zero-order valence-corrected chi connectivity index (χ0v) is 16.3. The van der Waals surface area contributed by atoms with Gasteiger partial charge in [0.1, 0.15) is 0 Å². The Kier molecular flexibility index (Phi) is 4.30. The maximum Gasteiger partial charge on any atom is 0.337 e. The molecule has 2 aromatic rings. The molecular formula is C23H27NO2. The zero-order valence-electron chi connectivity index (χ0n) is 16.3. The third-order valence-electron chi connectivity index (χ3n) is 5.49. The van der Waals surface area contributed by atoms with Gasteiger partial charge in [0.2, 0.25) is 0 Å². The smallest absolute Gasteiger partial charge is 0.337 e. The van der Waals surface area contributed by atoms with Crippen LogP contribution in [0.4, 0.5) is 0 Å². The number of carboxylic acids is 1. The number of pyridine rings is 1. The van der Waals surface area contributed by atoms with Crippen LogP contribution >= 0.6 is 0 Å². The van der Waals surface area contributed by atoms with Gasteiger partial charge in [0, 0.05) is 11.8 Å². The molecule has 0 saturated heterocycles. The Morgan fingerprint density at radius 1 is 1.23 bits per heavy atom. The highest BCUT2D eigenvalue weighted by molar-refractivity contribution is 5.88. The summed E-state index contributed by atoms with van der Waals surface area (Å²) >= 11 is 0. The molecule has 3 nitrogen and oxygen atoms in total. The molecule has 1 N–H and O–H groups in total. The van der Waals surface area contributed by atoms with Gasteiger partial charge in [-0.3, -0.25) is 4.98 Å². The fraction of sp³-hybridized carbons (Fsp3) is 0.391. The highest BCUT2D eigenvalue weighted by atomic mass is 16.4. The van der Waals surface area contributed by atoms with Gasteiger partial charge in [-0.05, 0) is 58.1 Å². The molecule has 0 aliphatic heterocycles. The second kappa shape index (κ2) is 6.08. The van der Waals surface area contributed by atoms with Crippen molar-refractivity contribution in [3.8, 4) is 0 Å². The van der Waals surface area contributed by atoms with Crippen LogP contribution in [0.1, 0.15) is 79.3 Å². The second-order valence-electron chi connectivity index (χ2n) is 8.90. The summed E-state index contributed by atoms with van der Waals surface area (Å²) < 4.78 is 0. The van der Waals surface area contributed by atoms with Crippen LogP contribution in [0, 0.1) is 0 Å². The fourth-order valence-corrected chi connectivity index (χ4v) is 3.66. The molecule has 1 aliphatic rings. The van der Waals surface area contributed by atoms with Crippen molar-refractivity contribution in [3.63, 3.8) is 0 Å². The number of hydrogen-bond acceptors (Lipinski definition) is 2. The highest BCUT2D eigenvalue weighted by Crippen LogP contribution is 2.44. The third kappa shape index (κ3) is 3.18. The van der Waals surface area contributed by atoms with Crippen molar-refractivity contribution in [2.75, 3.05) is 0 Å². The van der Waals surface area contributed by atoms with Crippen LogP contribution in [-0.2, 0) is 17.3 Å². The Balaban J connectivity index is 2.13. The first-order chi connectivity index (χ1) is 12.0. The number of aromatic nitrogens is 1. The molecule has 1 aromatic carbocycles. The van der Waals surface area contributed by atoms with Gasteiger partial charge < -0.3 is 5.11 Å². The van der Waals surface area contributed by atoms with Gasteiger partial charge in [-0.1, -0.05) is 53.3 Å². The number of benzene rings is 1. The molecule has 0 spiro atoms. The minimum atomic E-state index is -0.966. The van der Waals surface area contributed by atoms with E-state index in [1.54, 1.807) is 12.1 Å². The lowest BCUT2D eigenvalue weighted by Crippen LogP contribution is -2.17. The summed E-state index contributed by atoms with van der Waals surface area (Å²) in [5.74, 6) is -0.966. The van der Waals surface area contributed by atoms with E-state index in [2.05, 4.69) is 58.3 Å². The van der Waals surface area contributed by atoms with Gasteiger partial charge in [0.05, 0.1) is 11.3 Å². The Labute approximate surface area is 155 Å². The monoisotopic (exact) mass is 349 g/mol. The van der Waals surface area contributed by atoms with Gasteiger partial charge in [-0.25, -0.2) is 4.79 Å². The molecule has 0 amide bonds. The Morgan fingerprint density at radius 3 is 2.46 bits per heavy atom. The van der Waals surface area contributed by atoms with Crippen molar-refractivity contribution in [2.45, 2.75) is 58.3 Å². The number of aromatic carboxylic acids is 1. The lowest BCUT2D eigenvalue weighted by molar-refractivity contribution is 0.0696. The van der Waals surface area contributed by atoms with Crippen molar-refractivity contribution >= 4 is 11.5 Å². The molecule has 0 bridgehead atoms. The van der Waals surface area contributed by atoms with Crippen LogP contribution < -0.4 is 0 Å². The number of carbonyl (C=O) groups is 1. The van der Waals surface area contributed by atoms with E-state index < -0.39 is 5.97 Å². The Morgan fingerprint density at radius 2 is 1.92 bits per heavy atom. The average Bonchev–Trinajstić information content (AvgIpc) is 2.88. The van der Waals surface area contributed by atoms with Gasteiger partial charge in [0.25, 0.3) is 0 Å². The third-order valence-corrected chi connectivity index (χ3v) is 5.49. The van der Waals surface area contributed by atoms with E-state index in [0.717, 1.165) is 29.7 Å². The average molecular weight is 349 g/mol. The summed E-state index contributed by atoms with van der Waals surface area (Å²) in [5, 5.41) is 9.08. The SMILES string of the molecule is C=C(c1ccc(C(=O)O)cn1)c1cc(C(C)(C)C)cc2c1CCC2(C)C. The lowest BCUT2D eigenvalue weighted by atomic mass is 9.78. The first-order valence-corrected chi connectivity index (χ1v) is 9.07. The topological polar surface area (TPSA) is 50.2 Å². The highest BCUT2D eigenvalue weighted by Gasteiger charge is 2.33. The summed E-state index contributed by atoms with van der Waals surface area (Å²) in [7, 11) is 0. The molecule has 0 saturated carbocycles. The van der Waals surface area contributed by atoms with Crippen LogP contribution in [-0.4, -0.2) is 16.1 Å². The van der Waals surface area contributed by atoms with E-state index >= 15 is 0 Å². The normalized spacial score (nSPS) is 15.6. The molecule has 3 rings (SSSR count). The van der Waals surface area contributed by atoms with Crippen LogP contribution in [0.25, 0.3) is 5.57 Å². The molecule has 0 unspecified atom stereocenters. The summed E-state index contributed by atoms with van der Waals surface area (Å²) in [6.45, 7) is 15.6. The van der Waals surface area contributed by atoms with Gasteiger partial charge in [0.15, 0.2) is 0 Å². The molecule has 3 heteroatoms. The largest absolute Gasteiger partial charge is 0.478 e. The molecule has 0 radical (unpaired) electrons. The van der Waals surface area contributed by atoms with Gasteiger partial charge >= 0.3 is 5.97 Å². The van der Waals surface area contributed by atoms with E-state index in [0.29, 0.717) is 0 Å². The second-order valence-corrected chi connectivity index (χ2v) is 8.90. The predicted molar refractivity (Wildman–Crippen MR) is 106 cm³/mol. The van der Waals surface area contributed by atoms with Crippen LogP contribution in [0.2, 0.25) is 0 Å². The van der Waals surface area contributed by atoms with E-state index in [1.807, 2.05) is 0 Å². The van der Waals surface area contributed by atoms with Crippen molar-refractivity contribution in [1.82, 2.24) is 4.98 Å². The lowest BCUT2D eigenvalue weighted by Gasteiger charge is -2.26. The maximum atomic E-state index is 11.1. The number of rotatable bonds is 3. The summed E-state index contributed by atoms with van der Waals surface area (Å²) in [6, 6.07) is 7.95. The van der Waals surface area contributed by atoms with Gasteiger partial charge in [-0.15, -0.1) is 0 Å². The van der Waals surface area contributed by atoms with E-state index in [9.17, 15) is 4.79 Å². The number of hydrogen-bond donors (Lipinski definition) is 1. The molecule has 26 heavy (non-hydrogen) atoms. The van der Waals surface area contributed by atoms with Crippen LogP contribution in [0.15, 0.2) is 37.0 Å². The zero-order chi connectivity index (χ0) is 19.3. The Hall–Kier alpha value is -2.42. The van der Waals surface area contributed by atoms with Crippen molar-refractivity contribution < 1.29 is 9.90 Å². The number of nitrogens with zero attached hydrogens (tertiary/aromatic N) is 1. The van der Waals surface area contributed by atoms with Crippen LogP contribution in [0.5, 0.6) is 0 Å². The number of fused-ring (bicyclic) bond motifs is 1. The Bertz CT molecular complexity index is 884. The van der Waals surface area contributed by atoms with Crippen molar-refractivity contribution in [3.05, 3.63) is 70.6 Å². The maximum absolute atomic E-state index is 11.1. The van der Waals surface area contributed by atoms with Gasteiger partial charge in [-0.2, -0.15) is 0 Å². The molecule has 0 fully saturated rings. The predicted octanol–water partition coefficient (Wildman–Crippen LogP) is 5.36. The molecular weight excluding hydrogens is 322 g/mol.